The molecule has 0 bridgehead atoms. The van der Waals surface area contributed by atoms with E-state index >= 15 is 0 Å². The Bertz CT molecular complexity index is 1560. The fraction of sp³-hybridized carbons (Fsp3) is 0.400. The molecule has 0 atom stereocenters. The number of anilines is 3. The first-order chi connectivity index (χ1) is 19.5. The number of rotatable bonds is 7. The van der Waals surface area contributed by atoms with E-state index in [-0.39, 0.29) is 5.56 Å². The van der Waals surface area contributed by atoms with E-state index in [4.69, 9.17) is 9.72 Å². The maximum Gasteiger partial charge on any atom is 0.278 e. The number of aromatic nitrogens is 5. The molecule has 10 nitrogen and oxygen atoms in total. The average Bonchev–Trinajstić information content (AvgIpc) is 3.26. The van der Waals surface area contributed by atoms with E-state index in [9.17, 15) is 4.79 Å². The fourth-order valence-corrected chi connectivity index (χ4v) is 5.96. The van der Waals surface area contributed by atoms with Gasteiger partial charge in [0.1, 0.15) is 5.39 Å². The highest BCUT2D eigenvalue weighted by Crippen LogP contribution is 2.42. The Kier molecular flexibility index (Phi) is 7.02. The number of nitrogens with one attached hydrogen (secondary N) is 1. The third kappa shape index (κ3) is 4.95. The van der Waals surface area contributed by atoms with Crippen molar-refractivity contribution < 1.29 is 4.74 Å². The van der Waals surface area contributed by atoms with Crippen molar-refractivity contribution in [3.8, 4) is 11.7 Å². The molecule has 10 heteroatoms. The molecule has 0 amide bonds. The van der Waals surface area contributed by atoms with Gasteiger partial charge in [-0.25, -0.2) is 14.3 Å². The smallest absolute Gasteiger partial charge is 0.278 e. The van der Waals surface area contributed by atoms with Crippen molar-refractivity contribution in [3.63, 3.8) is 0 Å². The van der Waals surface area contributed by atoms with Gasteiger partial charge in [0.25, 0.3) is 5.56 Å². The van der Waals surface area contributed by atoms with E-state index in [0.717, 1.165) is 18.8 Å². The van der Waals surface area contributed by atoms with E-state index in [1.54, 1.807) is 34.8 Å². The van der Waals surface area contributed by atoms with Crippen LogP contribution in [0.2, 0.25) is 0 Å². The zero-order valence-electron chi connectivity index (χ0n) is 23.2. The van der Waals surface area contributed by atoms with Crippen LogP contribution in [-0.4, -0.2) is 69.6 Å². The van der Waals surface area contributed by atoms with Crippen LogP contribution in [0.25, 0.3) is 16.9 Å². The SMILES string of the molecule is C=CCn1c(=O)c2cnc(Nc3ccc(N4CCC5(CCN(C)CC5)CC4)cc3)nc2n1-c1cccc(OC)n1. The number of nitrogens with zero attached hydrogens (tertiary/aromatic N) is 7. The van der Waals surface area contributed by atoms with Crippen molar-refractivity contribution in [3.05, 3.63) is 71.7 Å². The molecule has 6 rings (SSSR count). The zero-order chi connectivity index (χ0) is 27.7. The van der Waals surface area contributed by atoms with Gasteiger partial charge in [-0.2, -0.15) is 9.97 Å². The van der Waals surface area contributed by atoms with Crippen LogP contribution in [-0.2, 0) is 6.54 Å². The predicted octanol–water partition coefficient (Wildman–Crippen LogP) is 4.23. The third-order valence-electron chi connectivity index (χ3n) is 8.47. The van der Waals surface area contributed by atoms with Crippen molar-refractivity contribution in [1.29, 1.82) is 0 Å². The van der Waals surface area contributed by atoms with Crippen molar-refractivity contribution in [2.24, 2.45) is 5.41 Å². The number of likely N-dealkylation sites (tertiary alicyclic amines) is 1. The molecule has 40 heavy (non-hydrogen) atoms. The zero-order valence-corrected chi connectivity index (χ0v) is 23.2. The summed E-state index contributed by atoms with van der Waals surface area (Å²) in [6.07, 6.45) is 8.41. The van der Waals surface area contributed by atoms with Gasteiger partial charge in [0.05, 0.1) is 13.7 Å². The van der Waals surface area contributed by atoms with Crippen LogP contribution < -0.4 is 20.5 Å². The molecule has 4 aromatic rings. The molecular formula is C30H36N8O2. The van der Waals surface area contributed by atoms with Gasteiger partial charge >= 0.3 is 0 Å². The van der Waals surface area contributed by atoms with Crippen molar-refractivity contribution >= 4 is 28.4 Å². The maximum atomic E-state index is 13.2. The number of benzene rings is 1. The molecular weight excluding hydrogens is 504 g/mol. The Hall–Kier alpha value is -4.18. The summed E-state index contributed by atoms with van der Waals surface area (Å²) >= 11 is 0. The number of pyridine rings is 1. The first kappa shape index (κ1) is 26.1. The molecule has 0 unspecified atom stereocenters. The summed E-state index contributed by atoms with van der Waals surface area (Å²) in [6.45, 7) is 8.75. The maximum absolute atomic E-state index is 13.2. The minimum Gasteiger partial charge on any atom is -0.481 e. The van der Waals surface area contributed by atoms with E-state index < -0.39 is 0 Å². The molecule has 5 heterocycles. The van der Waals surface area contributed by atoms with Crippen LogP contribution in [0.3, 0.4) is 0 Å². The lowest BCUT2D eigenvalue weighted by Gasteiger charge is -2.46. The number of ether oxygens (including phenoxy) is 1. The van der Waals surface area contributed by atoms with Crippen molar-refractivity contribution in [1.82, 2.24) is 29.2 Å². The molecule has 2 fully saturated rings. The second-order valence-electron chi connectivity index (χ2n) is 10.9. The second-order valence-corrected chi connectivity index (χ2v) is 10.9. The minimum absolute atomic E-state index is 0.209. The van der Waals surface area contributed by atoms with Gasteiger partial charge in [0.15, 0.2) is 11.5 Å². The van der Waals surface area contributed by atoms with Gasteiger partial charge in [-0.1, -0.05) is 12.1 Å². The highest BCUT2D eigenvalue weighted by atomic mass is 16.5. The number of allylic oxidation sites excluding steroid dienone is 1. The fourth-order valence-electron chi connectivity index (χ4n) is 5.96. The van der Waals surface area contributed by atoms with Gasteiger partial charge in [-0.3, -0.25) is 4.79 Å². The molecule has 2 saturated heterocycles. The monoisotopic (exact) mass is 540 g/mol. The molecule has 2 aliphatic rings. The summed E-state index contributed by atoms with van der Waals surface area (Å²) in [5.74, 6) is 1.36. The van der Waals surface area contributed by atoms with Crippen molar-refractivity contribution in [2.75, 3.05) is 50.6 Å². The Labute approximate surface area is 233 Å². The lowest BCUT2D eigenvalue weighted by atomic mass is 9.71. The van der Waals surface area contributed by atoms with Crippen LogP contribution in [0, 0.1) is 5.41 Å². The molecule has 1 spiro atoms. The summed E-state index contributed by atoms with van der Waals surface area (Å²) in [5, 5.41) is 3.71. The van der Waals surface area contributed by atoms with Gasteiger partial charge in [-0.15, -0.1) is 6.58 Å². The van der Waals surface area contributed by atoms with Gasteiger partial charge < -0.3 is 19.9 Å². The number of hydrogen-bond acceptors (Lipinski definition) is 8. The highest BCUT2D eigenvalue weighted by Gasteiger charge is 2.36. The molecule has 0 aliphatic carbocycles. The number of piperidine rings is 2. The van der Waals surface area contributed by atoms with Gasteiger partial charge in [0, 0.05) is 36.7 Å². The highest BCUT2D eigenvalue weighted by molar-refractivity contribution is 5.77. The molecule has 1 aromatic carbocycles. The van der Waals surface area contributed by atoms with Crippen LogP contribution in [0.15, 0.2) is 66.1 Å². The van der Waals surface area contributed by atoms with Gasteiger partial charge in [0.2, 0.25) is 11.8 Å². The second kappa shape index (κ2) is 10.8. The number of hydrogen-bond donors (Lipinski definition) is 1. The van der Waals surface area contributed by atoms with E-state index in [2.05, 4.69) is 63.0 Å². The Morgan fingerprint density at radius 1 is 1.02 bits per heavy atom. The summed E-state index contributed by atoms with van der Waals surface area (Å²) < 4.78 is 8.53. The molecule has 3 aromatic heterocycles. The largest absolute Gasteiger partial charge is 0.481 e. The van der Waals surface area contributed by atoms with E-state index in [1.165, 1.54) is 44.5 Å². The first-order valence-electron chi connectivity index (χ1n) is 13.9. The minimum atomic E-state index is -0.209. The molecule has 0 saturated carbocycles. The summed E-state index contributed by atoms with van der Waals surface area (Å²) in [6, 6.07) is 13.8. The van der Waals surface area contributed by atoms with Gasteiger partial charge in [-0.05, 0) is 81.6 Å². The summed E-state index contributed by atoms with van der Waals surface area (Å²) in [5.41, 5.74) is 2.90. The standard InChI is InChI=1S/C30H36N8O2/c1-4-16-37-28(39)24-21-31-29(34-27(24)38(37)25-6-5-7-26(33-25)40-3)32-22-8-10-23(11-9-22)36-19-14-30(15-20-36)12-17-35(2)18-13-30/h4-11,21H,1,12-20H2,2-3H3,(H,31,32,34). The Balaban J connectivity index is 1.22. The first-order valence-corrected chi connectivity index (χ1v) is 13.9. The third-order valence-corrected chi connectivity index (χ3v) is 8.47. The molecule has 208 valence electrons. The predicted molar refractivity (Wildman–Crippen MR) is 158 cm³/mol. The topological polar surface area (TPSA) is 93.3 Å². The van der Waals surface area contributed by atoms with Crippen LogP contribution in [0.4, 0.5) is 17.3 Å². The Morgan fingerprint density at radius 2 is 1.75 bits per heavy atom. The molecule has 2 aliphatic heterocycles. The van der Waals surface area contributed by atoms with Crippen molar-refractivity contribution in [2.45, 2.75) is 32.2 Å². The number of fused-ring (bicyclic) bond motifs is 1. The quantitative estimate of drug-likeness (QED) is 0.348. The van der Waals surface area contributed by atoms with E-state index in [0.29, 0.717) is 40.6 Å². The lowest BCUT2D eigenvalue weighted by molar-refractivity contribution is 0.0945. The van der Waals surface area contributed by atoms with Crippen LogP contribution >= 0.6 is 0 Å². The summed E-state index contributed by atoms with van der Waals surface area (Å²) in [4.78, 5) is 31.8. The normalized spacial score (nSPS) is 17.3. The van der Waals surface area contributed by atoms with Crippen LogP contribution in [0.5, 0.6) is 5.88 Å². The van der Waals surface area contributed by atoms with E-state index in [1.807, 2.05) is 12.1 Å². The summed E-state index contributed by atoms with van der Waals surface area (Å²) in [7, 11) is 3.79. The Morgan fingerprint density at radius 3 is 2.45 bits per heavy atom. The molecule has 1 N–H and O–H groups in total. The molecule has 0 radical (unpaired) electrons. The lowest BCUT2D eigenvalue weighted by Crippen LogP contribution is -2.46. The average molecular weight is 541 g/mol. The number of methoxy groups -OCH3 is 1. The van der Waals surface area contributed by atoms with Crippen LogP contribution in [0.1, 0.15) is 25.7 Å².